The SMILES string of the molecule is CC(C)(C)OC(=O)N1CCc2cc(Cl)nnc21. The van der Waals surface area contributed by atoms with E-state index in [4.69, 9.17) is 16.3 Å². The van der Waals surface area contributed by atoms with Crippen molar-refractivity contribution in [3.05, 3.63) is 16.8 Å². The summed E-state index contributed by atoms with van der Waals surface area (Å²) in [4.78, 5) is 13.4. The lowest BCUT2D eigenvalue weighted by molar-refractivity contribution is 0.0582. The lowest BCUT2D eigenvalue weighted by atomic mass is 10.2. The zero-order valence-corrected chi connectivity index (χ0v) is 10.8. The van der Waals surface area contributed by atoms with E-state index in [9.17, 15) is 4.79 Å². The summed E-state index contributed by atoms with van der Waals surface area (Å²) in [6.45, 7) is 6.04. The van der Waals surface area contributed by atoms with Gasteiger partial charge in [-0.25, -0.2) is 4.79 Å². The molecule has 2 rings (SSSR count). The third-order valence-electron chi connectivity index (χ3n) is 2.30. The average Bonchev–Trinajstić information content (AvgIpc) is 2.57. The van der Waals surface area contributed by atoms with Gasteiger partial charge in [-0.1, -0.05) is 11.6 Å². The molecule has 1 aliphatic rings. The maximum absolute atomic E-state index is 11.9. The molecule has 0 atom stereocenters. The number of rotatable bonds is 0. The Morgan fingerprint density at radius 2 is 2.18 bits per heavy atom. The van der Waals surface area contributed by atoms with Gasteiger partial charge in [-0.3, -0.25) is 4.90 Å². The first-order valence-electron chi connectivity index (χ1n) is 5.39. The van der Waals surface area contributed by atoms with Crippen molar-refractivity contribution in [2.45, 2.75) is 32.8 Å². The summed E-state index contributed by atoms with van der Waals surface area (Å²) in [7, 11) is 0. The largest absolute Gasteiger partial charge is 0.443 e. The summed E-state index contributed by atoms with van der Waals surface area (Å²) in [5.74, 6) is 0.545. The van der Waals surface area contributed by atoms with Crippen LogP contribution in [0.25, 0.3) is 0 Å². The van der Waals surface area contributed by atoms with Gasteiger partial charge in [0, 0.05) is 12.1 Å². The minimum Gasteiger partial charge on any atom is -0.443 e. The van der Waals surface area contributed by atoms with Crippen LogP contribution in [0.5, 0.6) is 0 Å². The van der Waals surface area contributed by atoms with Crippen LogP contribution >= 0.6 is 11.6 Å². The molecular weight excluding hydrogens is 242 g/mol. The summed E-state index contributed by atoms with van der Waals surface area (Å²) >= 11 is 5.75. The molecule has 0 bridgehead atoms. The summed E-state index contributed by atoms with van der Waals surface area (Å²) in [6.07, 6.45) is 0.331. The Hall–Kier alpha value is -1.36. The highest BCUT2D eigenvalue weighted by atomic mass is 35.5. The number of amides is 1. The predicted octanol–water partition coefficient (Wildman–Crippen LogP) is 2.43. The molecule has 0 fully saturated rings. The second-order valence-corrected chi connectivity index (χ2v) is 5.29. The molecule has 5 nitrogen and oxygen atoms in total. The van der Waals surface area contributed by atoms with E-state index in [-0.39, 0.29) is 0 Å². The van der Waals surface area contributed by atoms with Gasteiger partial charge in [0.25, 0.3) is 0 Å². The van der Waals surface area contributed by atoms with Crippen LogP contribution in [0.2, 0.25) is 5.15 Å². The molecule has 6 heteroatoms. The maximum atomic E-state index is 11.9. The van der Waals surface area contributed by atoms with Crippen molar-refractivity contribution in [1.82, 2.24) is 10.2 Å². The zero-order chi connectivity index (χ0) is 12.6. The van der Waals surface area contributed by atoms with Gasteiger partial charge in [0.15, 0.2) is 11.0 Å². The Morgan fingerprint density at radius 1 is 1.47 bits per heavy atom. The third-order valence-corrected chi connectivity index (χ3v) is 2.48. The second-order valence-electron chi connectivity index (χ2n) is 4.90. The first kappa shape index (κ1) is 12.1. The van der Waals surface area contributed by atoms with E-state index in [0.717, 1.165) is 12.0 Å². The number of anilines is 1. The highest BCUT2D eigenvalue weighted by molar-refractivity contribution is 6.29. The fourth-order valence-corrected chi connectivity index (χ4v) is 1.81. The molecule has 0 aliphatic carbocycles. The molecule has 17 heavy (non-hydrogen) atoms. The molecule has 0 saturated carbocycles. The monoisotopic (exact) mass is 255 g/mol. The van der Waals surface area contributed by atoms with E-state index < -0.39 is 11.7 Å². The van der Waals surface area contributed by atoms with Crippen molar-refractivity contribution in [3.63, 3.8) is 0 Å². The van der Waals surface area contributed by atoms with Gasteiger partial charge < -0.3 is 4.74 Å². The summed E-state index contributed by atoms with van der Waals surface area (Å²) in [5.41, 5.74) is 0.413. The fourth-order valence-electron chi connectivity index (χ4n) is 1.64. The molecule has 1 amide bonds. The van der Waals surface area contributed by atoms with Crippen molar-refractivity contribution < 1.29 is 9.53 Å². The molecule has 2 heterocycles. The quantitative estimate of drug-likeness (QED) is 0.714. The van der Waals surface area contributed by atoms with Crippen LogP contribution in [-0.2, 0) is 11.2 Å². The Kier molecular flexibility index (Phi) is 2.95. The van der Waals surface area contributed by atoms with Crippen LogP contribution in [-0.4, -0.2) is 28.4 Å². The normalized spacial score (nSPS) is 14.7. The van der Waals surface area contributed by atoms with Crippen molar-refractivity contribution in [3.8, 4) is 0 Å². The smallest absolute Gasteiger partial charge is 0.416 e. The van der Waals surface area contributed by atoms with Crippen molar-refractivity contribution in [2.75, 3.05) is 11.4 Å². The van der Waals surface area contributed by atoms with Gasteiger partial charge in [-0.2, -0.15) is 0 Å². The lowest BCUT2D eigenvalue weighted by Gasteiger charge is -2.23. The summed E-state index contributed by atoms with van der Waals surface area (Å²) in [5, 5.41) is 8.02. The number of carbonyl (C=O) groups excluding carboxylic acids is 1. The minimum absolute atomic E-state index is 0.342. The zero-order valence-electron chi connectivity index (χ0n) is 10.0. The van der Waals surface area contributed by atoms with E-state index in [1.165, 1.54) is 4.90 Å². The molecular formula is C11H14ClN3O2. The number of fused-ring (bicyclic) bond motifs is 1. The first-order valence-corrected chi connectivity index (χ1v) is 5.77. The molecule has 0 aromatic carbocycles. The summed E-state index contributed by atoms with van der Waals surface area (Å²) < 4.78 is 5.29. The van der Waals surface area contributed by atoms with E-state index in [0.29, 0.717) is 17.5 Å². The van der Waals surface area contributed by atoms with Gasteiger partial charge in [0.2, 0.25) is 0 Å². The van der Waals surface area contributed by atoms with E-state index in [1.54, 1.807) is 6.07 Å². The first-order chi connectivity index (χ1) is 7.87. The maximum Gasteiger partial charge on any atom is 0.416 e. The Morgan fingerprint density at radius 3 is 2.82 bits per heavy atom. The number of ether oxygens (including phenoxy) is 1. The van der Waals surface area contributed by atoms with E-state index in [1.807, 2.05) is 20.8 Å². The molecule has 0 radical (unpaired) electrons. The molecule has 0 saturated heterocycles. The van der Waals surface area contributed by atoms with Crippen molar-refractivity contribution >= 4 is 23.5 Å². The predicted molar refractivity (Wildman–Crippen MR) is 64.3 cm³/mol. The lowest BCUT2D eigenvalue weighted by Crippen LogP contribution is -2.36. The van der Waals surface area contributed by atoms with Gasteiger partial charge in [-0.05, 0) is 33.3 Å². The van der Waals surface area contributed by atoms with Crippen LogP contribution in [0.1, 0.15) is 26.3 Å². The Labute approximate surface area is 105 Å². The van der Waals surface area contributed by atoms with Gasteiger partial charge >= 0.3 is 6.09 Å². The minimum atomic E-state index is -0.514. The van der Waals surface area contributed by atoms with E-state index in [2.05, 4.69) is 10.2 Å². The Balaban J connectivity index is 2.20. The number of halogens is 1. The topological polar surface area (TPSA) is 55.3 Å². The number of carbonyl (C=O) groups is 1. The van der Waals surface area contributed by atoms with Crippen molar-refractivity contribution in [2.24, 2.45) is 0 Å². The van der Waals surface area contributed by atoms with E-state index >= 15 is 0 Å². The summed E-state index contributed by atoms with van der Waals surface area (Å²) in [6, 6.07) is 1.73. The molecule has 0 unspecified atom stereocenters. The molecule has 1 aliphatic heterocycles. The van der Waals surface area contributed by atoms with Crippen LogP contribution in [0.3, 0.4) is 0 Å². The van der Waals surface area contributed by atoms with Gasteiger partial charge in [-0.15, -0.1) is 10.2 Å². The molecule has 1 aromatic rings. The fraction of sp³-hybridized carbons (Fsp3) is 0.545. The number of hydrogen-bond acceptors (Lipinski definition) is 4. The van der Waals surface area contributed by atoms with Gasteiger partial charge in [0.1, 0.15) is 5.60 Å². The standard InChI is InChI=1S/C11H14ClN3O2/c1-11(2,3)17-10(16)15-5-4-7-6-8(12)13-14-9(7)15/h6H,4-5H2,1-3H3. The molecule has 1 aromatic heterocycles. The van der Waals surface area contributed by atoms with Gasteiger partial charge in [0.05, 0.1) is 0 Å². The average molecular weight is 256 g/mol. The van der Waals surface area contributed by atoms with Crippen molar-refractivity contribution in [1.29, 1.82) is 0 Å². The number of nitrogens with zero attached hydrogens (tertiary/aromatic N) is 3. The molecule has 0 N–H and O–H groups in total. The third kappa shape index (κ3) is 2.66. The molecule has 92 valence electrons. The molecule has 0 spiro atoms. The van der Waals surface area contributed by atoms with Crippen LogP contribution in [0.4, 0.5) is 10.6 Å². The number of hydrogen-bond donors (Lipinski definition) is 0. The Bertz CT molecular complexity index is 457. The second kappa shape index (κ2) is 4.14. The highest BCUT2D eigenvalue weighted by Gasteiger charge is 2.30. The number of aromatic nitrogens is 2. The highest BCUT2D eigenvalue weighted by Crippen LogP contribution is 2.27. The van der Waals surface area contributed by atoms with Crippen LogP contribution in [0, 0.1) is 0 Å². The van der Waals surface area contributed by atoms with Crippen LogP contribution < -0.4 is 4.90 Å². The van der Waals surface area contributed by atoms with Crippen LogP contribution in [0.15, 0.2) is 6.07 Å².